The number of benzene rings is 2. The van der Waals surface area contributed by atoms with Gasteiger partial charge in [-0.3, -0.25) is 4.79 Å². The number of hydrogen-bond donors (Lipinski definition) is 1. The summed E-state index contributed by atoms with van der Waals surface area (Å²) in [6, 6.07) is 15.1. The molecule has 0 saturated heterocycles. The van der Waals surface area contributed by atoms with E-state index in [4.69, 9.17) is 14.2 Å². The predicted molar refractivity (Wildman–Crippen MR) is 92.4 cm³/mol. The summed E-state index contributed by atoms with van der Waals surface area (Å²) in [5.74, 6) is 0.0408. The average Bonchev–Trinajstić information content (AvgIpc) is 2.65. The lowest BCUT2D eigenvalue weighted by atomic mass is 10.1. The Bertz CT molecular complexity index is 702. The van der Waals surface area contributed by atoms with E-state index in [2.05, 4.69) is 5.32 Å². The van der Waals surface area contributed by atoms with Gasteiger partial charge in [0, 0.05) is 0 Å². The number of amides is 1. The van der Waals surface area contributed by atoms with E-state index in [1.54, 1.807) is 42.5 Å². The molecule has 0 fully saturated rings. The molecule has 0 heterocycles. The Morgan fingerprint density at radius 2 is 1.56 bits per heavy atom. The van der Waals surface area contributed by atoms with Crippen LogP contribution in [-0.2, 0) is 14.3 Å². The number of hydrogen-bond acceptors (Lipinski definition) is 5. The van der Waals surface area contributed by atoms with Crippen molar-refractivity contribution in [1.82, 2.24) is 5.32 Å². The first-order valence-corrected chi connectivity index (χ1v) is 7.92. The van der Waals surface area contributed by atoms with Crippen LogP contribution in [0.4, 0.5) is 0 Å². The van der Waals surface area contributed by atoms with Crippen LogP contribution in [0.1, 0.15) is 18.5 Å². The van der Waals surface area contributed by atoms with Crippen LogP contribution in [0.15, 0.2) is 54.6 Å². The SMILES string of the molecule is CCOc1ccccc1OCC(=O)N[C@H](C(=O)OC)c1ccccc1. The Kier molecular flexibility index (Phi) is 6.83. The summed E-state index contributed by atoms with van der Waals surface area (Å²) in [5.41, 5.74) is 0.636. The molecular formula is C19H21NO5. The number of carbonyl (C=O) groups excluding carboxylic acids is 2. The molecule has 25 heavy (non-hydrogen) atoms. The number of methoxy groups -OCH3 is 1. The Labute approximate surface area is 146 Å². The minimum Gasteiger partial charge on any atom is -0.490 e. The van der Waals surface area contributed by atoms with Crippen molar-refractivity contribution in [1.29, 1.82) is 0 Å². The maximum absolute atomic E-state index is 12.2. The Balaban J connectivity index is 2.01. The highest BCUT2D eigenvalue weighted by Crippen LogP contribution is 2.26. The maximum Gasteiger partial charge on any atom is 0.333 e. The van der Waals surface area contributed by atoms with Crippen molar-refractivity contribution in [3.8, 4) is 11.5 Å². The van der Waals surface area contributed by atoms with Crippen LogP contribution < -0.4 is 14.8 Å². The zero-order chi connectivity index (χ0) is 18.1. The Morgan fingerprint density at radius 3 is 2.16 bits per heavy atom. The van der Waals surface area contributed by atoms with Crippen LogP contribution in [-0.4, -0.2) is 32.2 Å². The van der Waals surface area contributed by atoms with E-state index in [0.29, 0.717) is 23.7 Å². The van der Waals surface area contributed by atoms with E-state index < -0.39 is 17.9 Å². The lowest BCUT2D eigenvalue weighted by Crippen LogP contribution is -2.37. The van der Waals surface area contributed by atoms with Crippen molar-refractivity contribution in [2.24, 2.45) is 0 Å². The summed E-state index contributed by atoms with van der Waals surface area (Å²) in [7, 11) is 1.28. The van der Waals surface area contributed by atoms with Crippen LogP contribution >= 0.6 is 0 Å². The van der Waals surface area contributed by atoms with E-state index in [9.17, 15) is 9.59 Å². The van der Waals surface area contributed by atoms with Crippen LogP contribution in [0, 0.1) is 0 Å². The number of ether oxygens (including phenoxy) is 3. The molecule has 2 aromatic carbocycles. The second kappa shape index (κ2) is 9.32. The summed E-state index contributed by atoms with van der Waals surface area (Å²) in [6.07, 6.45) is 0. The number of rotatable bonds is 8. The van der Waals surface area contributed by atoms with Gasteiger partial charge in [0.1, 0.15) is 0 Å². The van der Waals surface area contributed by atoms with E-state index in [1.807, 2.05) is 19.1 Å². The van der Waals surface area contributed by atoms with Gasteiger partial charge in [-0.1, -0.05) is 42.5 Å². The molecule has 0 aliphatic rings. The third-order valence-electron chi connectivity index (χ3n) is 3.38. The highest BCUT2D eigenvalue weighted by atomic mass is 16.5. The number of nitrogens with one attached hydrogen (secondary N) is 1. The first-order valence-electron chi connectivity index (χ1n) is 7.92. The smallest absolute Gasteiger partial charge is 0.333 e. The van der Waals surface area contributed by atoms with Gasteiger partial charge in [-0.05, 0) is 24.6 Å². The van der Waals surface area contributed by atoms with E-state index >= 15 is 0 Å². The first-order chi connectivity index (χ1) is 12.2. The molecule has 0 aliphatic carbocycles. The monoisotopic (exact) mass is 343 g/mol. The molecule has 0 bridgehead atoms. The van der Waals surface area contributed by atoms with Gasteiger partial charge in [-0.25, -0.2) is 4.79 Å². The molecule has 2 aromatic rings. The van der Waals surface area contributed by atoms with Gasteiger partial charge >= 0.3 is 5.97 Å². The lowest BCUT2D eigenvalue weighted by Gasteiger charge is -2.17. The molecule has 6 heteroatoms. The van der Waals surface area contributed by atoms with E-state index in [0.717, 1.165) is 0 Å². The number of esters is 1. The number of carbonyl (C=O) groups is 2. The van der Waals surface area contributed by atoms with E-state index in [1.165, 1.54) is 7.11 Å². The topological polar surface area (TPSA) is 73.9 Å². The molecule has 0 aromatic heterocycles. The van der Waals surface area contributed by atoms with Gasteiger partial charge in [-0.2, -0.15) is 0 Å². The molecule has 0 radical (unpaired) electrons. The minimum absolute atomic E-state index is 0.246. The summed E-state index contributed by atoms with van der Waals surface area (Å²) < 4.78 is 15.7. The molecule has 0 saturated carbocycles. The Hall–Kier alpha value is -3.02. The van der Waals surface area contributed by atoms with Crippen molar-refractivity contribution in [2.75, 3.05) is 20.3 Å². The highest BCUT2D eigenvalue weighted by molar-refractivity contribution is 5.86. The molecular weight excluding hydrogens is 322 g/mol. The molecule has 1 amide bonds. The summed E-state index contributed by atoms with van der Waals surface area (Å²) in [4.78, 5) is 24.2. The van der Waals surface area contributed by atoms with Gasteiger partial charge < -0.3 is 19.5 Å². The summed E-state index contributed by atoms with van der Waals surface area (Å²) >= 11 is 0. The average molecular weight is 343 g/mol. The molecule has 1 N–H and O–H groups in total. The highest BCUT2D eigenvalue weighted by Gasteiger charge is 2.23. The summed E-state index contributed by atoms with van der Waals surface area (Å²) in [6.45, 7) is 2.11. The molecule has 0 unspecified atom stereocenters. The molecule has 1 atom stereocenters. The first kappa shape index (κ1) is 18.3. The largest absolute Gasteiger partial charge is 0.490 e. The second-order valence-electron chi connectivity index (χ2n) is 5.10. The molecule has 6 nitrogen and oxygen atoms in total. The predicted octanol–water partition coefficient (Wildman–Crippen LogP) is 2.49. The van der Waals surface area contributed by atoms with Gasteiger partial charge in [0.15, 0.2) is 24.1 Å². The van der Waals surface area contributed by atoms with Crippen molar-refractivity contribution < 1.29 is 23.8 Å². The minimum atomic E-state index is -0.885. The van der Waals surface area contributed by atoms with Crippen LogP contribution in [0.25, 0.3) is 0 Å². The molecule has 0 aliphatic heterocycles. The quantitative estimate of drug-likeness (QED) is 0.746. The summed E-state index contributed by atoms with van der Waals surface area (Å²) in [5, 5.41) is 2.63. The normalized spacial score (nSPS) is 11.3. The van der Waals surface area contributed by atoms with Crippen molar-refractivity contribution in [3.05, 3.63) is 60.2 Å². The third-order valence-corrected chi connectivity index (χ3v) is 3.38. The van der Waals surface area contributed by atoms with Gasteiger partial charge in [0.25, 0.3) is 5.91 Å². The second-order valence-corrected chi connectivity index (χ2v) is 5.10. The van der Waals surface area contributed by atoms with E-state index in [-0.39, 0.29) is 6.61 Å². The lowest BCUT2D eigenvalue weighted by molar-refractivity contribution is -0.145. The van der Waals surface area contributed by atoms with Gasteiger partial charge in [-0.15, -0.1) is 0 Å². The van der Waals surface area contributed by atoms with Gasteiger partial charge in [0.2, 0.25) is 0 Å². The van der Waals surface area contributed by atoms with Crippen molar-refractivity contribution in [2.45, 2.75) is 13.0 Å². The Morgan fingerprint density at radius 1 is 0.960 bits per heavy atom. The van der Waals surface area contributed by atoms with Crippen molar-refractivity contribution >= 4 is 11.9 Å². The standard InChI is InChI=1S/C19H21NO5/c1-3-24-15-11-7-8-12-16(15)25-13-17(21)20-18(19(22)23-2)14-9-5-4-6-10-14/h4-12,18H,3,13H2,1-2H3,(H,20,21)/t18-/m0/s1. The molecule has 0 spiro atoms. The zero-order valence-electron chi connectivity index (χ0n) is 14.2. The van der Waals surface area contributed by atoms with Crippen LogP contribution in [0.5, 0.6) is 11.5 Å². The fourth-order valence-corrected chi connectivity index (χ4v) is 2.23. The fraction of sp³-hybridized carbons (Fsp3) is 0.263. The molecule has 2 rings (SSSR count). The number of para-hydroxylation sites is 2. The molecule has 132 valence electrons. The van der Waals surface area contributed by atoms with Crippen LogP contribution in [0.2, 0.25) is 0 Å². The van der Waals surface area contributed by atoms with Gasteiger partial charge in [0.05, 0.1) is 13.7 Å². The zero-order valence-corrected chi connectivity index (χ0v) is 14.2. The third kappa shape index (κ3) is 5.24. The fourth-order valence-electron chi connectivity index (χ4n) is 2.23. The maximum atomic E-state index is 12.2. The van der Waals surface area contributed by atoms with Crippen molar-refractivity contribution in [3.63, 3.8) is 0 Å². The van der Waals surface area contributed by atoms with Crippen LogP contribution in [0.3, 0.4) is 0 Å².